The molecule has 0 aromatic heterocycles. The predicted octanol–water partition coefficient (Wildman–Crippen LogP) is 7.78. The number of allylic oxidation sites excluding steroid dienone is 4. The standard InChI is InChI=1S/C26H37O2P/c1-27-23-17-11-18-24(28-2)26(23)22-16-9-10-19-25(22)29(20-12-5-3-6-13-20)21-14-7-4-8-15-21/h9-11,17-22H,3-8,12-16H2,1-2H3. The zero-order valence-electron chi connectivity index (χ0n) is 18.2. The summed E-state index contributed by atoms with van der Waals surface area (Å²) in [6, 6.07) is 6.27. The molecule has 1 unspecified atom stereocenters. The van der Waals surface area contributed by atoms with Gasteiger partial charge in [-0.2, -0.15) is 0 Å². The maximum Gasteiger partial charge on any atom is 0.126 e. The minimum absolute atomic E-state index is 0.114. The Hall–Kier alpha value is -1.27. The number of benzene rings is 1. The first kappa shape index (κ1) is 21.0. The molecule has 3 aliphatic carbocycles. The number of ether oxygens (including phenoxy) is 2. The van der Waals surface area contributed by atoms with Gasteiger partial charge in [0, 0.05) is 11.5 Å². The van der Waals surface area contributed by atoms with Gasteiger partial charge in [0.1, 0.15) is 11.5 Å². The van der Waals surface area contributed by atoms with E-state index in [2.05, 4.69) is 30.4 Å². The monoisotopic (exact) mass is 412 g/mol. The molecule has 0 saturated heterocycles. The summed E-state index contributed by atoms with van der Waals surface area (Å²) in [7, 11) is 3.48. The summed E-state index contributed by atoms with van der Waals surface area (Å²) in [6.45, 7) is 0. The summed E-state index contributed by atoms with van der Waals surface area (Å²) in [4.78, 5) is 0. The van der Waals surface area contributed by atoms with Crippen LogP contribution in [0.1, 0.15) is 82.1 Å². The molecule has 1 aromatic carbocycles. The fraction of sp³-hybridized carbons (Fsp3) is 0.615. The van der Waals surface area contributed by atoms with E-state index in [1.165, 1.54) is 69.8 Å². The van der Waals surface area contributed by atoms with E-state index in [9.17, 15) is 0 Å². The van der Waals surface area contributed by atoms with Crippen LogP contribution in [0.25, 0.3) is 0 Å². The van der Waals surface area contributed by atoms with Crippen molar-refractivity contribution in [3.05, 3.63) is 47.3 Å². The molecule has 0 aliphatic heterocycles. The minimum Gasteiger partial charge on any atom is -0.496 e. The highest BCUT2D eigenvalue weighted by molar-refractivity contribution is 7.63. The van der Waals surface area contributed by atoms with Gasteiger partial charge in [0.15, 0.2) is 0 Å². The molecule has 1 atom stereocenters. The maximum absolute atomic E-state index is 5.84. The van der Waals surface area contributed by atoms with Gasteiger partial charge in [-0.05, 0) is 60.9 Å². The quantitative estimate of drug-likeness (QED) is 0.444. The van der Waals surface area contributed by atoms with Gasteiger partial charge in [0.25, 0.3) is 0 Å². The highest BCUT2D eigenvalue weighted by Crippen LogP contribution is 2.66. The molecule has 2 fully saturated rings. The Kier molecular flexibility index (Phi) is 7.35. The molecule has 158 valence electrons. The van der Waals surface area contributed by atoms with E-state index in [0.717, 1.165) is 29.2 Å². The molecular weight excluding hydrogens is 375 g/mol. The lowest BCUT2D eigenvalue weighted by Gasteiger charge is -2.43. The molecule has 3 heteroatoms. The number of hydrogen-bond donors (Lipinski definition) is 0. The molecule has 2 nitrogen and oxygen atoms in total. The second-order valence-electron chi connectivity index (χ2n) is 8.88. The molecule has 2 saturated carbocycles. The number of rotatable bonds is 6. The van der Waals surface area contributed by atoms with Crippen LogP contribution >= 0.6 is 7.92 Å². The van der Waals surface area contributed by atoms with Crippen LogP contribution in [0.15, 0.2) is 41.7 Å². The Labute approximate surface area is 178 Å². The van der Waals surface area contributed by atoms with Gasteiger partial charge in [-0.1, -0.05) is 70.7 Å². The van der Waals surface area contributed by atoms with Gasteiger partial charge in [0.05, 0.1) is 14.2 Å². The van der Waals surface area contributed by atoms with Crippen LogP contribution < -0.4 is 9.47 Å². The molecule has 3 aliphatic rings. The second kappa shape index (κ2) is 10.2. The Morgan fingerprint density at radius 2 is 1.34 bits per heavy atom. The SMILES string of the molecule is COc1cccc(OC)c1C1CC=CC=C1P(C1CCCCC1)C1CCCCC1. The van der Waals surface area contributed by atoms with Crippen molar-refractivity contribution in [1.29, 1.82) is 0 Å². The van der Waals surface area contributed by atoms with Crippen molar-refractivity contribution < 1.29 is 9.47 Å². The molecule has 0 N–H and O–H groups in total. The van der Waals surface area contributed by atoms with E-state index in [0.29, 0.717) is 5.92 Å². The topological polar surface area (TPSA) is 18.5 Å². The fourth-order valence-electron chi connectivity index (χ4n) is 5.81. The van der Waals surface area contributed by atoms with Crippen molar-refractivity contribution in [3.63, 3.8) is 0 Å². The van der Waals surface area contributed by atoms with Gasteiger partial charge in [-0.3, -0.25) is 0 Å². The van der Waals surface area contributed by atoms with Crippen LogP contribution in [-0.4, -0.2) is 25.5 Å². The Bertz CT molecular complexity index is 686. The summed E-state index contributed by atoms with van der Waals surface area (Å²) >= 11 is 0. The first-order valence-electron chi connectivity index (χ1n) is 11.7. The lowest BCUT2D eigenvalue weighted by atomic mass is 9.90. The number of methoxy groups -OCH3 is 2. The molecule has 29 heavy (non-hydrogen) atoms. The van der Waals surface area contributed by atoms with Crippen LogP contribution in [0.4, 0.5) is 0 Å². The average Bonchev–Trinajstić information content (AvgIpc) is 2.80. The van der Waals surface area contributed by atoms with Gasteiger partial charge in [0.2, 0.25) is 0 Å². The molecule has 1 aromatic rings. The highest BCUT2D eigenvalue weighted by Gasteiger charge is 2.38. The molecule has 0 radical (unpaired) electrons. The first-order valence-corrected chi connectivity index (χ1v) is 13.2. The Balaban J connectivity index is 1.74. The lowest BCUT2D eigenvalue weighted by molar-refractivity contribution is 0.382. The van der Waals surface area contributed by atoms with Gasteiger partial charge in [-0.25, -0.2) is 0 Å². The van der Waals surface area contributed by atoms with Crippen LogP contribution in [0.2, 0.25) is 0 Å². The van der Waals surface area contributed by atoms with Gasteiger partial charge in [-0.15, -0.1) is 0 Å². The van der Waals surface area contributed by atoms with Crippen molar-refractivity contribution in [1.82, 2.24) is 0 Å². The van der Waals surface area contributed by atoms with Crippen LogP contribution in [-0.2, 0) is 0 Å². The van der Waals surface area contributed by atoms with E-state index >= 15 is 0 Å². The molecule has 0 amide bonds. The lowest BCUT2D eigenvalue weighted by Crippen LogP contribution is -2.23. The molecular formula is C26H37O2P. The van der Waals surface area contributed by atoms with Crippen molar-refractivity contribution in [2.24, 2.45) is 0 Å². The molecule has 4 rings (SSSR count). The van der Waals surface area contributed by atoms with Crippen molar-refractivity contribution in [2.75, 3.05) is 14.2 Å². The highest BCUT2D eigenvalue weighted by atomic mass is 31.1. The third-order valence-corrected chi connectivity index (χ3v) is 10.8. The van der Waals surface area contributed by atoms with E-state index in [1.54, 1.807) is 19.5 Å². The molecule has 0 bridgehead atoms. The van der Waals surface area contributed by atoms with Crippen molar-refractivity contribution >= 4 is 7.92 Å². The second-order valence-corrected chi connectivity index (χ2v) is 11.7. The molecule has 0 heterocycles. The number of hydrogen-bond acceptors (Lipinski definition) is 2. The summed E-state index contributed by atoms with van der Waals surface area (Å²) in [6.07, 6.45) is 22.6. The minimum atomic E-state index is -0.114. The van der Waals surface area contributed by atoms with E-state index in [4.69, 9.17) is 9.47 Å². The van der Waals surface area contributed by atoms with Gasteiger partial charge < -0.3 is 9.47 Å². The largest absolute Gasteiger partial charge is 0.496 e. The normalized spacial score (nSPS) is 23.8. The van der Waals surface area contributed by atoms with Crippen molar-refractivity contribution in [3.8, 4) is 11.5 Å². The zero-order chi connectivity index (χ0) is 20.1. The van der Waals surface area contributed by atoms with E-state index in [1.807, 2.05) is 6.07 Å². The average molecular weight is 413 g/mol. The summed E-state index contributed by atoms with van der Waals surface area (Å²) in [5.74, 6) is 2.37. The van der Waals surface area contributed by atoms with E-state index in [-0.39, 0.29) is 7.92 Å². The van der Waals surface area contributed by atoms with Crippen LogP contribution in [0.5, 0.6) is 11.5 Å². The predicted molar refractivity (Wildman–Crippen MR) is 125 cm³/mol. The van der Waals surface area contributed by atoms with E-state index < -0.39 is 0 Å². The summed E-state index contributed by atoms with van der Waals surface area (Å²) in [5, 5.41) is 1.73. The smallest absolute Gasteiger partial charge is 0.126 e. The zero-order valence-corrected chi connectivity index (χ0v) is 19.1. The summed E-state index contributed by atoms with van der Waals surface area (Å²) in [5.41, 5.74) is 3.11. The van der Waals surface area contributed by atoms with Crippen LogP contribution in [0, 0.1) is 0 Å². The fourth-order valence-corrected chi connectivity index (χ4v) is 9.95. The van der Waals surface area contributed by atoms with Crippen LogP contribution in [0.3, 0.4) is 0 Å². The van der Waals surface area contributed by atoms with Crippen molar-refractivity contribution in [2.45, 2.75) is 87.9 Å². The third kappa shape index (κ3) is 4.58. The molecule has 0 spiro atoms. The Morgan fingerprint density at radius 1 is 0.793 bits per heavy atom. The maximum atomic E-state index is 5.84. The first-order chi connectivity index (χ1) is 14.3. The van der Waals surface area contributed by atoms with Gasteiger partial charge >= 0.3 is 0 Å². The summed E-state index contributed by atoms with van der Waals surface area (Å²) < 4.78 is 11.7. The Morgan fingerprint density at radius 3 is 1.86 bits per heavy atom. The third-order valence-electron chi connectivity index (χ3n) is 7.18.